The molecule has 0 spiro atoms. The van der Waals surface area contributed by atoms with Gasteiger partial charge in [0, 0.05) is 17.3 Å². The first-order chi connectivity index (χ1) is 7.68. The van der Waals surface area contributed by atoms with Crippen molar-refractivity contribution >= 4 is 16.8 Å². The van der Waals surface area contributed by atoms with Gasteiger partial charge in [0.2, 0.25) is 0 Å². The summed E-state index contributed by atoms with van der Waals surface area (Å²) in [5.41, 5.74) is 1.57. The number of aromatic amines is 1. The summed E-state index contributed by atoms with van der Waals surface area (Å²) in [7, 11) is 0. The van der Waals surface area contributed by atoms with Gasteiger partial charge in [-0.05, 0) is 41.4 Å². The van der Waals surface area contributed by atoms with Crippen molar-refractivity contribution in [3.8, 4) is 11.1 Å². The van der Waals surface area contributed by atoms with Crippen LogP contribution in [0.2, 0.25) is 0 Å². The summed E-state index contributed by atoms with van der Waals surface area (Å²) in [5.74, 6) is 0. The number of carbonyl (C=O) groups excluding carboxylic acids is 1. The molecular weight excluding hydrogens is 226 g/mol. The molecule has 1 N–H and O–H groups in total. The number of halogens is 1. The maximum Gasteiger partial charge on any atom is 0.255 e. The maximum absolute atomic E-state index is 11.5. The van der Waals surface area contributed by atoms with Crippen molar-refractivity contribution in [2.75, 3.05) is 0 Å². The second kappa shape index (κ2) is 4.33. The molecule has 80 valence electrons. The predicted octanol–water partition coefficient (Wildman–Crippen LogP) is 2.42. The molecule has 0 saturated heterocycles. The molecule has 3 nitrogen and oxygen atoms in total. The van der Waals surface area contributed by atoms with Gasteiger partial charge in [0.05, 0.1) is 0 Å². The van der Waals surface area contributed by atoms with Crippen LogP contribution in [0.25, 0.3) is 11.1 Å². The fourth-order valence-corrected chi connectivity index (χ4v) is 1.56. The highest BCUT2D eigenvalue weighted by Crippen LogP contribution is 2.16. The number of H-pyrrole nitrogens is 1. The number of benzene rings is 1. The third kappa shape index (κ3) is 2.04. The van der Waals surface area contributed by atoms with Gasteiger partial charge in [0.25, 0.3) is 10.8 Å². The molecule has 0 unspecified atom stereocenters. The Morgan fingerprint density at radius 3 is 2.38 bits per heavy atom. The Morgan fingerprint density at radius 1 is 1.12 bits per heavy atom. The van der Waals surface area contributed by atoms with Gasteiger partial charge < -0.3 is 4.98 Å². The molecule has 0 saturated carbocycles. The molecule has 0 amide bonds. The number of hydrogen-bond donors (Lipinski definition) is 1. The normalized spacial score (nSPS) is 10.1. The summed E-state index contributed by atoms with van der Waals surface area (Å²) in [6, 6.07) is 10.0. The molecule has 1 aromatic carbocycles. The zero-order chi connectivity index (χ0) is 11.5. The standard InChI is InChI=1S/C12H8ClNO2/c13-11(15)9-5-3-8(4-6-9)10-2-1-7-14-12(10)16/h1-7H,(H,14,16). The van der Waals surface area contributed by atoms with E-state index in [2.05, 4.69) is 4.98 Å². The molecule has 2 aromatic rings. The lowest BCUT2D eigenvalue weighted by Gasteiger charge is -2.00. The van der Waals surface area contributed by atoms with Gasteiger partial charge >= 0.3 is 0 Å². The van der Waals surface area contributed by atoms with Crippen LogP contribution in [0.5, 0.6) is 0 Å². The van der Waals surface area contributed by atoms with Crippen molar-refractivity contribution in [2.45, 2.75) is 0 Å². The van der Waals surface area contributed by atoms with Gasteiger partial charge in [-0.15, -0.1) is 0 Å². The molecule has 0 aliphatic heterocycles. The van der Waals surface area contributed by atoms with Crippen LogP contribution in [-0.4, -0.2) is 10.2 Å². The molecule has 0 fully saturated rings. The van der Waals surface area contributed by atoms with Crippen molar-refractivity contribution in [2.24, 2.45) is 0 Å². The molecule has 0 aliphatic rings. The van der Waals surface area contributed by atoms with Crippen molar-refractivity contribution in [3.63, 3.8) is 0 Å². The Hall–Kier alpha value is -1.87. The van der Waals surface area contributed by atoms with Crippen molar-refractivity contribution in [1.29, 1.82) is 0 Å². The quantitative estimate of drug-likeness (QED) is 0.810. The molecule has 16 heavy (non-hydrogen) atoms. The highest BCUT2D eigenvalue weighted by atomic mass is 35.5. The van der Waals surface area contributed by atoms with Crippen LogP contribution in [0.1, 0.15) is 10.4 Å². The van der Waals surface area contributed by atoms with Crippen molar-refractivity contribution < 1.29 is 4.79 Å². The lowest BCUT2D eigenvalue weighted by atomic mass is 10.1. The Bertz CT molecular complexity index is 572. The second-order valence-electron chi connectivity index (χ2n) is 3.26. The van der Waals surface area contributed by atoms with Crippen molar-refractivity contribution in [1.82, 2.24) is 4.98 Å². The van der Waals surface area contributed by atoms with E-state index in [4.69, 9.17) is 11.6 Å². The van der Waals surface area contributed by atoms with Crippen LogP contribution < -0.4 is 5.56 Å². The highest BCUT2D eigenvalue weighted by molar-refractivity contribution is 6.67. The fourth-order valence-electron chi connectivity index (χ4n) is 1.43. The molecular formula is C12H8ClNO2. The number of rotatable bonds is 2. The smallest absolute Gasteiger partial charge is 0.255 e. The lowest BCUT2D eigenvalue weighted by Crippen LogP contribution is -2.06. The van der Waals surface area contributed by atoms with E-state index in [0.29, 0.717) is 11.1 Å². The minimum absolute atomic E-state index is 0.160. The summed E-state index contributed by atoms with van der Waals surface area (Å²) in [6.45, 7) is 0. The second-order valence-corrected chi connectivity index (χ2v) is 3.61. The molecule has 0 atom stereocenters. The SMILES string of the molecule is O=C(Cl)c1ccc(-c2ccc[nH]c2=O)cc1. The molecule has 0 aliphatic carbocycles. The maximum atomic E-state index is 11.5. The molecule has 4 heteroatoms. The zero-order valence-electron chi connectivity index (χ0n) is 8.24. The van der Waals surface area contributed by atoms with Gasteiger partial charge in [-0.2, -0.15) is 0 Å². The summed E-state index contributed by atoms with van der Waals surface area (Å²) in [6.07, 6.45) is 1.57. The van der Waals surface area contributed by atoms with Crippen LogP contribution in [0, 0.1) is 0 Å². The highest BCUT2D eigenvalue weighted by Gasteiger charge is 2.04. The third-order valence-corrected chi connectivity index (χ3v) is 2.46. The van der Waals surface area contributed by atoms with E-state index >= 15 is 0 Å². The number of pyridine rings is 1. The van der Waals surface area contributed by atoms with E-state index in [-0.39, 0.29) is 5.56 Å². The topological polar surface area (TPSA) is 49.9 Å². The average Bonchev–Trinajstić information content (AvgIpc) is 2.30. The number of hydrogen-bond acceptors (Lipinski definition) is 2. The summed E-state index contributed by atoms with van der Waals surface area (Å²) in [5, 5.41) is -0.506. The summed E-state index contributed by atoms with van der Waals surface area (Å²) >= 11 is 5.33. The minimum atomic E-state index is -0.506. The largest absolute Gasteiger partial charge is 0.329 e. The third-order valence-electron chi connectivity index (χ3n) is 2.24. The Labute approximate surface area is 96.7 Å². The van der Waals surface area contributed by atoms with E-state index in [0.717, 1.165) is 5.56 Å². The van der Waals surface area contributed by atoms with Gasteiger partial charge in [-0.1, -0.05) is 12.1 Å². The average molecular weight is 234 g/mol. The van der Waals surface area contributed by atoms with Crippen LogP contribution in [0.3, 0.4) is 0 Å². The first-order valence-corrected chi connectivity index (χ1v) is 5.04. The Balaban J connectivity index is 2.47. The van der Waals surface area contributed by atoms with Crippen LogP contribution >= 0.6 is 11.6 Å². The summed E-state index contributed by atoms with van der Waals surface area (Å²) < 4.78 is 0. The number of aromatic nitrogens is 1. The zero-order valence-corrected chi connectivity index (χ0v) is 8.99. The van der Waals surface area contributed by atoms with Gasteiger partial charge in [0.15, 0.2) is 0 Å². The minimum Gasteiger partial charge on any atom is -0.329 e. The summed E-state index contributed by atoms with van der Waals surface area (Å²) in [4.78, 5) is 24.9. The van der Waals surface area contributed by atoms with Gasteiger partial charge in [-0.25, -0.2) is 0 Å². The van der Waals surface area contributed by atoms with E-state index < -0.39 is 5.24 Å². The number of nitrogens with one attached hydrogen (secondary N) is 1. The fraction of sp³-hybridized carbons (Fsp3) is 0. The van der Waals surface area contributed by atoms with Crippen LogP contribution in [0.4, 0.5) is 0 Å². The lowest BCUT2D eigenvalue weighted by molar-refractivity contribution is 0.108. The predicted molar refractivity (Wildman–Crippen MR) is 62.7 cm³/mol. The number of carbonyl (C=O) groups is 1. The molecule has 1 aromatic heterocycles. The Morgan fingerprint density at radius 2 is 1.81 bits per heavy atom. The van der Waals surface area contributed by atoms with E-state index in [1.165, 1.54) is 0 Å². The van der Waals surface area contributed by atoms with Crippen LogP contribution in [-0.2, 0) is 0 Å². The van der Waals surface area contributed by atoms with Gasteiger partial charge in [0.1, 0.15) is 0 Å². The van der Waals surface area contributed by atoms with Gasteiger partial charge in [-0.3, -0.25) is 9.59 Å². The molecule has 1 heterocycles. The first kappa shape index (κ1) is 10.6. The van der Waals surface area contributed by atoms with E-state index in [1.807, 2.05) is 0 Å². The Kier molecular flexibility index (Phi) is 2.88. The monoisotopic (exact) mass is 233 g/mol. The molecule has 0 radical (unpaired) electrons. The molecule has 2 rings (SSSR count). The molecule has 0 bridgehead atoms. The first-order valence-electron chi connectivity index (χ1n) is 4.66. The van der Waals surface area contributed by atoms with E-state index in [1.54, 1.807) is 42.6 Å². The van der Waals surface area contributed by atoms with Crippen LogP contribution in [0.15, 0.2) is 47.4 Å². The van der Waals surface area contributed by atoms with Crippen molar-refractivity contribution in [3.05, 3.63) is 58.5 Å². The van der Waals surface area contributed by atoms with E-state index in [9.17, 15) is 9.59 Å².